The van der Waals surface area contributed by atoms with E-state index in [1.54, 1.807) is 0 Å². The molecule has 0 aliphatic rings. The van der Waals surface area contributed by atoms with Gasteiger partial charge in [0, 0.05) is 7.11 Å². The van der Waals surface area contributed by atoms with Crippen molar-refractivity contribution in [1.29, 1.82) is 0 Å². The molecule has 1 rings (SSSR count). The molecule has 0 aliphatic carbocycles. The van der Waals surface area contributed by atoms with E-state index in [1.165, 1.54) is 7.11 Å². The van der Waals surface area contributed by atoms with Crippen LogP contribution in [0.1, 0.15) is 24.9 Å². The smallest absolute Gasteiger partial charge is 0.246 e. The molecule has 0 aliphatic heterocycles. The molecular formula is C14H19NO2. The summed E-state index contributed by atoms with van der Waals surface area (Å²) in [6.07, 6.45) is 0.736. The lowest BCUT2D eigenvalue weighted by Crippen LogP contribution is -2.31. The van der Waals surface area contributed by atoms with Gasteiger partial charge in [-0.25, -0.2) is 0 Å². The van der Waals surface area contributed by atoms with Gasteiger partial charge in [0.1, 0.15) is 6.61 Å². The lowest BCUT2D eigenvalue weighted by molar-refractivity contribution is -0.125. The maximum Gasteiger partial charge on any atom is 0.246 e. The van der Waals surface area contributed by atoms with Gasteiger partial charge in [-0.1, -0.05) is 35.9 Å². The molecule has 1 amide bonds. The summed E-state index contributed by atoms with van der Waals surface area (Å²) in [5.41, 5.74) is 2.12. The van der Waals surface area contributed by atoms with Crippen molar-refractivity contribution in [3.63, 3.8) is 0 Å². The summed E-state index contributed by atoms with van der Waals surface area (Å²) in [7, 11) is 1.51. The number of benzene rings is 1. The van der Waals surface area contributed by atoms with Crippen molar-refractivity contribution in [3.8, 4) is 0 Å². The Morgan fingerprint density at radius 1 is 1.41 bits per heavy atom. The fourth-order valence-corrected chi connectivity index (χ4v) is 1.65. The number of carbonyl (C=O) groups excluding carboxylic acids is 1. The summed E-state index contributed by atoms with van der Waals surface area (Å²) in [5.74, 6) is -0.109. The Morgan fingerprint density at radius 3 is 2.59 bits per heavy atom. The summed E-state index contributed by atoms with van der Waals surface area (Å²) < 4.78 is 4.81. The largest absolute Gasteiger partial charge is 0.375 e. The Morgan fingerprint density at radius 2 is 2.06 bits per heavy atom. The van der Waals surface area contributed by atoms with Crippen LogP contribution in [-0.4, -0.2) is 19.6 Å². The van der Waals surface area contributed by atoms with Crippen LogP contribution in [0.5, 0.6) is 0 Å². The van der Waals surface area contributed by atoms with Gasteiger partial charge in [-0.15, -0.1) is 6.58 Å². The van der Waals surface area contributed by atoms with Crippen LogP contribution in [0.2, 0.25) is 0 Å². The number of rotatable bonds is 6. The topological polar surface area (TPSA) is 38.3 Å². The van der Waals surface area contributed by atoms with Crippen LogP contribution in [0.25, 0.3) is 0 Å². The molecule has 0 saturated heterocycles. The lowest BCUT2D eigenvalue weighted by Gasteiger charge is -2.19. The first-order valence-electron chi connectivity index (χ1n) is 5.61. The van der Waals surface area contributed by atoms with Gasteiger partial charge in [-0.2, -0.15) is 0 Å². The summed E-state index contributed by atoms with van der Waals surface area (Å²) in [6.45, 7) is 5.93. The number of hydrogen-bond donors (Lipinski definition) is 1. The summed E-state index contributed by atoms with van der Waals surface area (Å²) >= 11 is 0. The molecule has 0 radical (unpaired) electrons. The second-order valence-electron chi connectivity index (χ2n) is 4.13. The van der Waals surface area contributed by atoms with Crippen LogP contribution in [0.3, 0.4) is 0 Å². The van der Waals surface area contributed by atoms with E-state index in [2.05, 4.69) is 11.9 Å². The van der Waals surface area contributed by atoms with Crippen LogP contribution in [0.4, 0.5) is 0 Å². The number of amides is 1. The van der Waals surface area contributed by atoms with Gasteiger partial charge in [0.05, 0.1) is 6.04 Å². The average molecular weight is 233 g/mol. The molecule has 0 saturated carbocycles. The van der Waals surface area contributed by atoms with E-state index in [0.29, 0.717) is 0 Å². The quantitative estimate of drug-likeness (QED) is 0.766. The van der Waals surface area contributed by atoms with Gasteiger partial charge < -0.3 is 10.1 Å². The second kappa shape index (κ2) is 6.86. The molecular weight excluding hydrogens is 214 g/mol. The van der Waals surface area contributed by atoms with Crippen molar-refractivity contribution in [3.05, 3.63) is 48.0 Å². The SMILES string of the molecule is C=C(C)C[C@@H](NC(=O)COC)c1ccccc1. The van der Waals surface area contributed by atoms with Crippen LogP contribution in [0, 0.1) is 0 Å². The van der Waals surface area contributed by atoms with Gasteiger partial charge in [0.25, 0.3) is 0 Å². The van der Waals surface area contributed by atoms with Crippen LogP contribution in [0.15, 0.2) is 42.5 Å². The van der Waals surface area contributed by atoms with E-state index in [1.807, 2.05) is 37.3 Å². The molecule has 1 N–H and O–H groups in total. The van der Waals surface area contributed by atoms with Crippen LogP contribution >= 0.6 is 0 Å². The van der Waals surface area contributed by atoms with Crippen LogP contribution < -0.4 is 5.32 Å². The number of hydrogen-bond acceptors (Lipinski definition) is 2. The van der Waals surface area contributed by atoms with Gasteiger partial charge in [-0.05, 0) is 18.9 Å². The second-order valence-corrected chi connectivity index (χ2v) is 4.13. The monoisotopic (exact) mass is 233 g/mol. The van der Waals surface area contributed by atoms with Gasteiger partial charge in [0.15, 0.2) is 0 Å². The van der Waals surface area contributed by atoms with Gasteiger partial charge >= 0.3 is 0 Å². The molecule has 0 aromatic heterocycles. The molecule has 0 bridgehead atoms. The highest BCUT2D eigenvalue weighted by molar-refractivity contribution is 5.77. The minimum Gasteiger partial charge on any atom is -0.375 e. The Labute approximate surface area is 102 Å². The number of nitrogens with one attached hydrogen (secondary N) is 1. The normalized spacial score (nSPS) is 11.9. The number of ether oxygens (including phenoxy) is 1. The Balaban J connectivity index is 2.74. The van der Waals surface area contributed by atoms with Crippen molar-refractivity contribution in [2.45, 2.75) is 19.4 Å². The summed E-state index contributed by atoms with van der Waals surface area (Å²) in [5, 5.41) is 2.94. The van der Waals surface area contributed by atoms with Crippen molar-refractivity contribution in [1.82, 2.24) is 5.32 Å². The molecule has 1 aromatic carbocycles. The van der Waals surface area contributed by atoms with Crippen molar-refractivity contribution < 1.29 is 9.53 Å². The summed E-state index contributed by atoms with van der Waals surface area (Å²) in [6, 6.07) is 9.85. The molecule has 0 spiro atoms. The first-order valence-corrected chi connectivity index (χ1v) is 5.61. The van der Waals surface area contributed by atoms with Gasteiger partial charge in [-0.3, -0.25) is 4.79 Å². The fraction of sp³-hybridized carbons (Fsp3) is 0.357. The Bertz CT molecular complexity index is 373. The molecule has 92 valence electrons. The fourth-order valence-electron chi connectivity index (χ4n) is 1.65. The highest BCUT2D eigenvalue weighted by Crippen LogP contribution is 2.19. The molecule has 17 heavy (non-hydrogen) atoms. The zero-order valence-corrected chi connectivity index (χ0v) is 10.4. The van der Waals surface area contributed by atoms with E-state index in [9.17, 15) is 4.79 Å². The van der Waals surface area contributed by atoms with Crippen molar-refractivity contribution in [2.24, 2.45) is 0 Å². The van der Waals surface area contributed by atoms with Crippen LogP contribution in [-0.2, 0) is 9.53 Å². The third-order valence-electron chi connectivity index (χ3n) is 2.37. The zero-order chi connectivity index (χ0) is 12.7. The standard InChI is InChI=1S/C14H19NO2/c1-11(2)9-13(15-14(16)10-17-3)12-7-5-4-6-8-12/h4-8,13H,1,9-10H2,2-3H3,(H,15,16)/t13-/m1/s1. The van der Waals surface area contributed by atoms with E-state index in [0.717, 1.165) is 17.6 Å². The van der Waals surface area contributed by atoms with E-state index < -0.39 is 0 Å². The third kappa shape index (κ3) is 4.83. The van der Waals surface area contributed by atoms with E-state index in [-0.39, 0.29) is 18.6 Å². The van der Waals surface area contributed by atoms with Crippen molar-refractivity contribution >= 4 is 5.91 Å². The molecule has 0 unspecified atom stereocenters. The minimum atomic E-state index is -0.109. The predicted molar refractivity (Wildman–Crippen MR) is 68.6 cm³/mol. The minimum absolute atomic E-state index is 0.0312. The third-order valence-corrected chi connectivity index (χ3v) is 2.37. The number of carbonyl (C=O) groups is 1. The highest BCUT2D eigenvalue weighted by atomic mass is 16.5. The summed E-state index contributed by atoms with van der Waals surface area (Å²) in [4.78, 5) is 11.5. The maximum absolute atomic E-state index is 11.5. The molecule has 1 aromatic rings. The first-order chi connectivity index (χ1) is 8.13. The van der Waals surface area contributed by atoms with E-state index >= 15 is 0 Å². The maximum atomic E-state index is 11.5. The Kier molecular flexibility index (Phi) is 5.43. The highest BCUT2D eigenvalue weighted by Gasteiger charge is 2.14. The van der Waals surface area contributed by atoms with Crippen molar-refractivity contribution in [2.75, 3.05) is 13.7 Å². The Hall–Kier alpha value is -1.61. The number of methoxy groups -OCH3 is 1. The van der Waals surface area contributed by atoms with Gasteiger partial charge in [0.2, 0.25) is 5.91 Å². The predicted octanol–water partition coefficient (Wildman–Crippen LogP) is 2.46. The molecule has 3 heteroatoms. The molecule has 3 nitrogen and oxygen atoms in total. The molecule has 0 heterocycles. The lowest BCUT2D eigenvalue weighted by atomic mass is 10.0. The first kappa shape index (κ1) is 13.5. The molecule has 1 atom stereocenters. The van der Waals surface area contributed by atoms with E-state index in [4.69, 9.17) is 4.74 Å². The average Bonchev–Trinajstić information content (AvgIpc) is 2.29. The molecule has 0 fully saturated rings. The zero-order valence-electron chi connectivity index (χ0n) is 10.4.